The van der Waals surface area contributed by atoms with Crippen molar-refractivity contribution in [3.8, 4) is 0 Å². The van der Waals surface area contributed by atoms with Crippen molar-refractivity contribution >= 4 is 23.2 Å². The fourth-order valence-electron chi connectivity index (χ4n) is 6.06. The Labute approximate surface area is 212 Å². The number of fused-ring (bicyclic) bond motifs is 1. The molecule has 1 aromatic carbocycles. The van der Waals surface area contributed by atoms with Crippen LogP contribution in [0.3, 0.4) is 0 Å². The zero-order valence-electron chi connectivity index (χ0n) is 21.1. The van der Waals surface area contributed by atoms with Gasteiger partial charge in [0.05, 0.1) is 24.1 Å². The summed E-state index contributed by atoms with van der Waals surface area (Å²) >= 11 is 1.73. The Morgan fingerprint density at radius 2 is 1.77 bits per heavy atom. The summed E-state index contributed by atoms with van der Waals surface area (Å²) in [5.74, 6) is 1.38. The molecule has 2 aromatic rings. The van der Waals surface area contributed by atoms with Crippen LogP contribution >= 0.6 is 11.3 Å². The maximum Gasteiger partial charge on any atom is 0.255 e. The number of hydrogen-bond acceptors (Lipinski definition) is 5. The summed E-state index contributed by atoms with van der Waals surface area (Å²) in [5.41, 5.74) is 3.24. The molecule has 5 rings (SSSR count). The number of aryl methyl sites for hydroxylation is 2. The van der Waals surface area contributed by atoms with E-state index in [-0.39, 0.29) is 23.8 Å². The molecule has 3 aliphatic rings. The molecule has 0 saturated carbocycles. The van der Waals surface area contributed by atoms with Crippen molar-refractivity contribution < 1.29 is 14.3 Å². The molecule has 1 aromatic heterocycles. The second-order valence-electron chi connectivity index (χ2n) is 10.5. The first kappa shape index (κ1) is 24.5. The third kappa shape index (κ3) is 5.18. The number of ether oxygens (including phenoxy) is 1. The van der Waals surface area contributed by atoms with Crippen molar-refractivity contribution in [1.29, 1.82) is 0 Å². The Balaban J connectivity index is 1.17. The minimum Gasteiger partial charge on any atom is -0.381 e. The average Bonchev–Trinajstić information content (AvgIpc) is 3.62. The van der Waals surface area contributed by atoms with Gasteiger partial charge in [0.1, 0.15) is 0 Å². The van der Waals surface area contributed by atoms with Crippen molar-refractivity contribution in [3.05, 3.63) is 56.8 Å². The van der Waals surface area contributed by atoms with Gasteiger partial charge in [-0.3, -0.25) is 9.59 Å². The summed E-state index contributed by atoms with van der Waals surface area (Å²) in [7, 11) is 0. The summed E-state index contributed by atoms with van der Waals surface area (Å²) in [4.78, 5) is 33.1. The first-order valence-corrected chi connectivity index (χ1v) is 13.7. The van der Waals surface area contributed by atoms with Gasteiger partial charge in [0.15, 0.2) is 0 Å². The van der Waals surface area contributed by atoms with E-state index in [1.165, 1.54) is 4.88 Å². The molecule has 4 atom stereocenters. The van der Waals surface area contributed by atoms with E-state index in [1.807, 2.05) is 18.2 Å². The lowest BCUT2D eigenvalue weighted by Crippen LogP contribution is -2.37. The van der Waals surface area contributed by atoms with E-state index in [4.69, 9.17) is 4.74 Å². The van der Waals surface area contributed by atoms with Crippen LogP contribution in [0.15, 0.2) is 30.3 Å². The number of thiophene rings is 1. The van der Waals surface area contributed by atoms with Gasteiger partial charge in [-0.15, -0.1) is 11.3 Å². The molecule has 0 aliphatic carbocycles. The summed E-state index contributed by atoms with van der Waals surface area (Å²) in [6, 6.07) is 10.3. The molecule has 35 heavy (non-hydrogen) atoms. The van der Waals surface area contributed by atoms with Crippen molar-refractivity contribution in [2.45, 2.75) is 39.7 Å². The Bertz CT molecular complexity index is 1050. The lowest BCUT2D eigenvalue weighted by Gasteiger charge is -2.25. The lowest BCUT2D eigenvalue weighted by molar-refractivity contribution is -0.125. The highest BCUT2D eigenvalue weighted by Gasteiger charge is 2.42. The molecule has 7 heteroatoms. The fourth-order valence-corrected chi connectivity index (χ4v) is 7.11. The number of hydrogen-bond donors (Lipinski definition) is 1. The van der Waals surface area contributed by atoms with Gasteiger partial charge in [0, 0.05) is 49.1 Å². The van der Waals surface area contributed by atoms with Crippen molar-refractivity contribution in [1.82, 2.24) is 15.1 Å². The zero-order valence-corrected chi connectivity index (χ0v) is 21.9. The van der Waals surface area contributed by atoms with Crippen LogP contribution in [0.1, 0.15) is 50.1 Å². The Morgan fingerprint density at radius 3 is 2.37 bits per heavy atom. The number of carbonyl (C=O) groups excluding carboxylic acids is 2. The molecule has 0 bridgehead atoms. The van der Waals surface area contributed by atoms with Gasteiger partial charge in [0.25, 0.3) is 5.91 Å². The molecule has 3 unspecified atom stereocenters. The number of nitrogens with zero attached hydrogens (tertiary/aromatic N) is 2. The molecule has 0 spiro atoms. The molecule has 6 nitrogen and oxygen atoms in total. The average molecular weight is 496 g/mol. The number of nitrogens with one attached hydrogen (secondary N) is 1. The van der Waals surface area contributed by atoms with Crippen LogP contribution in [0, 0.1) is 38.5 Å². The van der Waals surface area contributed by atoms with Crippen LogP contribution in [0.4, 0.5) is 0 Å². The monoisotopic (exact) mass is 495 g/mol. The third-order valence-electron chi connectivity index (χ3n) is 8.18. The third-order valence-corrected chi connectivity index (χ3v) is 9.30. The minimum absolute atomic E-state index is 0.00981. The molecule has 3 aliphatic heterocycles. The second-order valence-corrected chi connectivity index (χ2v) is 12.0. The predicted octanol–water partition coefficient (Wildman–Crippen LogP) is 3.96. The SMILES string of the molecule is Cc1sc(C)c(C(=O)N2CC3CN(CC[C@H](NC(=O)C4CCOC4)c4ccccc4)CC3C2)c1C. The standard InChI is InChI=1S/C28H37N3O3S/c1-18-19(2)35-20(3)26(18)28(33)31-15-23-13-30(14-24(23)16-31)11-9-25(21-7-5-4-6-8-21)29-27(32)22-10-12-34-17-22/h4-8,22-25H,9-17H2,1-3H3,(H,29,32)/t22?,23?,24?,25-/m0/s1. The largest absolute Gasteiger partial charge is 0.381 e. The first-order chi connectivity index (χ1) is 16.9. The topological polar surface area (TPSA) is 61.9 Å². The number of likely N-dealkylation sites (tertiary alicyclic amines) is 2. The van der Waals surface area contributed by atoms with Gasteiger partial charge < -0.3 is 19.9 Å². The predicted molar refractivity (Wildman–Crippen MR) is 139 cm³/mol. The zero-order chi connectivity index (χ0) is 24.5. The van der Waals surface area contributed by atoms with E-state index in [0.717, 1.165) is 67.1 Å². The first-order valence-electron chi connectivity index (χ1n) is 12.9. The molecular formula is C28H37N3O3S. The Hall–Kier alpha value is -2.22. The Kier molecular flexibility index (Phi) is 7.28. The summed E-state index contributed by atoms with van der Waals surface area (Å²) in [6.07, 6.45) is 1.69. The van der Waals surface area contributed by atoms with Gasteiger partial charge in [-0.25, -0.2) is 0 Å². The summed E-state index contributed by atoms with van der Waals surface area (Å²) in [5, 5.41) is 3.30. The van der Waals surface area contributed by atoms with Crippen molar-refractivity contribution in [2.75, 3.05) is 45.9 Å². The van der Waals surface area contributed by atoms with Gasteiger partial charge in [0.2, 0.25) is 5.91 Å². The highest BCUT2D eigenvalue weighted by atomic mass is 32.1. The molecule has 3 fully saturated rings. The fraction of sp³-hybridized carbons (Fsp3) is 0.571. The molecule has 2 amide bonds. The maximum absolute atomic E-state index is 13.3. The van der Waals surface area contributed by atoms with Gasteiger partial charge in [-0.2, -0.15) is 0 Å². The van der Waals surface area contributed by atoms with E-state index in [9.17, 15) is 9.59 Å². The van der Waals surface area contributed by atoms with Crippen LogP contribution in [-0.2, 0) is 9.53 Å². The van der Waals surface area contributed by atoms with E-state index in [0.29, 0.717) is 25.0 Å². The smallest absolute Gasteiger partial charge is 0.255 e. The van der Waals surface area contributed by atoms with Crippen LogP contribution in [-0.4, -0.2) is 67.6 Å². The van der Waals surface area contributed by atoms with Gasteiger partial charge in [-0.1, -0.05) is 30.3 Å². The van der Waals surface area contributed by atoms with E-state index < -0.39 is 0 Å². The molecule has 188 valence electrons. The number of benzene rings is 1. The highest BCUT2D eigenvalue weighted by Crippen LogP contribution is 2.35. The summed E-state index contributed by atoms with van der Waals surface area (Å²) < 4.78 is 5.42. The van der Waals surface area contributed by atoms with Gasteiger partial charge in [-0.05, 0) is 56.6 Å². The van der Waals surface area contributed by atoms with Crippen LogP contribution in [0.25, 0.3) is 0 Å². The number of amides is 2. The van der Waals surface area contributed by atoms with Crippen molar-refractivity contribution in [3.63, 3.8) is 0 Å². The van der Waals surface area contributed by atoms with E-state index in [2.05, 4.69) is 48.0 Å². The molecule has 0 radical (unpaired) electrons. The minimum atomic E-state index is -0.0323. The van der Waals surface area contributed by atoms with E-state index in [1.54, 1.807) is 11.3 Å². The Morgan fingerprint density at radius 1 is 1.06 bits per heavy atom. The highest BCUT2D eigenvalue weighted by molar-refractivity contribution is 7.12. The number of carbonyl (C=O) groups is 2. The van der Waals surface area contributed by atoms with Crippen molar-refractivity contribution in [2.24, 2.45) is 17.8 Å². The molecule has 3 saturated heterocycles. The second kappa shape index (κ2) is 10.4. The van der Waals surface area contributed by atoms with Crippen LogP contribution in [0.2, 0.25) is 0 Å². The maximum atomic E-state index is 13.3. The molecule has 1 N–H and O–H groups in total. The van der Waals surface area contributed by atoms with Crippen LogP contribution < -0.4 is 5.32 Å². The van der Waals surface area contributed by atoms with E-state index >= 15 is 0 Å². The van der Waals surface area contributed by atoms with Crippen LogP contribution in [0.5, 0.6) is 0 Å². The summed E-state index contributed by atoms with van der Waals surface area (Å²) in [6.45, 7) is 12.2. The van der Waals surface area contributed by atoms with Gasteiger partial charge >= 0.3 is 0 Å². The normalized spacial score (nSPS) is 25.1. The quantitative estimate of drug-likeness (QED) is 0.632. The molecule has 4 heterocycles. The lowest BCUT2D eigenvalue weighted by atomic mass is 10.0. The number of rotatable bonds is 7. The molecular weight excluding hydrogens is 458 g/mol.